The average Bonchev–Trinajstić information content (AvgIpc) is 3.25. The van der Waals surface area contributed by atoms with E-state index >= 15 is 0 Å². The van der Waals surface area contributed by atoms with E-state index in [1.807, 2.05) is 0 Å². The van der Waals surface area contributed by atoms with Crippen LogP contribution in [-0.4, -0.2) is 27.4 Å². The number of carbonyl (C=O) groups is 2. The Morgan fingerprint density at radius 1 is 1.20 bits per heavy atom. The third kappa shape index (κ3) is 5.18. The lowest BCUT2D eigenvalue weighted by Gasteiger charge is -2.00. The third-order valence-corrected chi connectivity index (χ3v) is 5.80. The summed E-state index contributed by atoms with van der Waals surface area (Å²) in [6.45, 7) is 0. The Morgan fingerprint density at radius 2 is 2.00 bits per heavy atom. The van der Waals surface area contributed by atoms with Gasteiger partial charge >= 0.3 is 0 Å². The Bertz CT molecular complexity index is 863. The first-order valence-corrected chi connectivity index (χ1v) is 9.90. The molecule has 0 bridgehead atoms. The van der Waals surface area contributed by atoms with Gasteiger partial charge in [-0.05, 0) is 24.3 Å². The Kier molecular flexibility index (Phi) is 5.90. The molecule has 1 amide bonds. The first kappa shape index (κ1) is 17.7. The summed E-state index contributed by atoms with van der Waals surface area (Å²) in [6.07, 6.45) is 1.78. The minimum atomic E-state index is -0.371. The van der Waals surface area contributed by atoms with Gasteiger partial charge in [0.1, 0.15) is 5.82 Å². The highest BCUT2D eigenvalue weighted by molar-refractivity contribution is 8.01. The molecule has 0 aliphatic rings. The van der Waals surface area contributed by atoms with E-state index in [9.17, 15) is 14.0 Å². The fourth-order valence-corrected chi connectivity index (χ4v) is 4.18. The summed E-state index contributed by atoms with van der Waals surface area (Å²) in [5.74, 6) is -0.434. The van der Waals surface area contributed by atoms with Gasteiger partial charge < -0.3 is 5.32 Å². The lowest BCUT2D eigenvalue weighted by Crippen LogP contribution is -2.14. The van der Waals surface area contributed by atoms with E-state index < -0.39 is 0 Å². The number of anilines is 1. The molecule has 0 radical (unpaired) electrons. The van der Waals surface area contributed by atoms with Crippen LogP contribution >= 0.6 is 34.4 Å². The van der Waals surface area contributed by atoms with Gasteiger partial charge in [0.25, 0.3) is 0 Å². The van der Waals surface area contributed by atoms with Crippen molar-refractivity contribution in [3.63, 3.8) is 0 Å². The molecule has 2 heterocycles. The molecule has 0 spiro atoms. The van der Waals surface area contributed by atoms with Gasteiger partial charge in [-0.25, -0.2) is 14.4 Å². The number of hydrogen-bond donors (Lipinski definition) is 1. The molecule has 0 saturated carbocycles. The smallest absolute Gasteiger partial charge is 0.232 e. The number of thioether (sulfide) groups is 1. The first-order chi connectivity index (χ1) is 12.1. The molecular weight excluding hydrogens is 381 g/mol. The van der Waals surface area contributed by atoms with Crippen LogP contribution in [0, 0.1) is 5.82 Å². The van der Waals surface area contributed by atoms with Crippen LogP contribution in [0.5, 0.6) is 0 Å². The van der Waals surface area contributed by atoms with Gasteiger partial charge in [0.2, 0.25) is 5.91 Å². The molecule has 3 rings (SSSR count). The first-order valence-electron chi connectivity index (χ1n) is 7.15. The van der Waals surface area contributed by atoms with E-state index in [1.165, 1.54) is 58.7 Å². The largest absolute Gasteiger partial charge is 0.302 e. The summed E-state index contributed by atoms with van der Waals surface area (Å²) in [5.41, 5.74) is 1.12. The van der Waals surface area contributed by atoms with Crippen LogP contribution in [0.4, 0.5) is 9.52 Å². The second-order valence-electron chi connectivity index (χ2n) is 4.89. The van der Waals surface area contributed by atoms with Crippen LogP contribution in [-0.2, 0) is 11.2 Å². The monoisotopic (exact) mass is 393 g/mol. The summed E-state index contributed by atoms with van der Waals surface area (Å²) < 4.78 is 13.6. The minimum absolute atomic E-state index is 0.0942. The zero-order valence-corrected chi connectivity index (χ0v) is 15.2. The topological polar surface area (TPSA) is 72.0 Å². The van der Waals surface area contributed by atoms with Crippen molar-refractivity contribution in [1.82, 2.24) is 9.97 Å². The summed E-state index contributed by atoms with van der Waals surface area (Å²) >= 11 is 4.04. The van der Waals surface area contributed by atoms with Gasteiger partial charge in [-0.2, -0.15) is 0 Å². The molecule has 5 nitrogen and oxygen atoms in total. The van der Waals surface area contributed by atoms with Crippen molar-refractivity contribution in [3.8, 4) is 0 Å². The number of rotatable bonds is 7. The molecule has 1 N–H and O–H groups in total. The number of Topliss-reactive ketones (excluding diaryl/α,β-unsaturated/α-hetero) is 1. The Balaban J connectivity index is 1.50. The summed E-state index contributed by atoms with van der Waals surface area (Å²) in [6, 6.07) is 5.46. The molecule has 0 atom stereocenters. The maximum absolute atomic E-state index is 12.9. The minimum Gasteiger partial charge on any atom is -0.302 e. The molecule has 9 heteroatoms. The van der Waals surface area contributed by atoms with Gasteiger partial charge in [-0.15, -0.1) is 22.7 Å². The predicted octanol–water partition coefficient (Wildman–Crippen LogP) is 3.89. The second-order valence-corrected chi connectivity index (χ2v) is 7.86. The summed E-state index contributed by atoms with van der Waals surface area (Å²) in [5, 5.41) is 6.83. The highest BCUT2D eigenvalue weighted by Gasteiger charge is 2.12. The van der Waals surface area contributed by atoms with Gasteiger partial charge in [0.15, 0.2) is 15.3 Å². The number of nitrogens with zero attached hydrogens (tertiary/aromatic N) is 2. The van der Waals surface area contributed by atoms with E-state index in [1.54, 1.807) is 17.0 Å². The quantitative estimate of drug-likeness (QED) is 0.487. The highest BCUT2D eigenvalue weighted by Crippen LogP contribution is 2.24. The van der Waals surface area contributed by atoms with Crippen molar-refractivity contribution < 1.29 is 14.0 Å². The fourth-order valence-electron chi connectivity index (χ4n) is 1.90. The van der Waals surface area contributed by atoms with Crippen LogP contribution in [0.1, 0.15) is 16.1 Å². The number of carbonyl (C=O) groups excluding carboxylic acids is 2. The fraction of sp³-hybridized carbons (Fsp3) is 0.125. The summed E-state index contributed by atoms with van der Waals surface area (Å²) in [4.78, 5) is 32.3. The van der Waals surface area contributed by atoms with Crippen molar-refractivity contribution in [2.75, 3.05) is 11.1 Å². The van der Waals surface area contributed by atoms with Crippen molar-refractivity contribution in [3.05, 3.63) is 58.3 Å². The third-order valence-electron chi connectivity index (χ3n) is 3.04. The molecule has 0 aliphatic heterocycles. The van der Waals surface area contributed by atoms with Gasteiger partial charge in [0.05, 0.1) is 17.9 Å². The van der Waals surface area contributed by atoms with Crippen LogP contribution in [0.25, 0.3) is 0 Å². The SMILES string of the molecule is O=C(Cc1csc(SCC(=O)c2ccc(F)cc2)n1)Nc1nccs1. The maximum atomic E-state index is 12.9. The van der Waals surface area contributed by atoms with Gasteiger partial charge in [0, 0.05) is 22.5 Å². The standard InChI is InChI=1S/C16H12FN3O2S3/c17-11-3-1-10(2-4-11)13(21)9-25-16-19-12(8-24-16)7-14(22)20-15-18-5-6-23-15/h1-6,8H,7,9H2,(H,18,20,22). The molecule has 1 aromatic carbocycles. The lowest BCUT2D eigenvalue weighted by atomic mass is 10.1. The number of benzene rings is 1. The van der Waals surface area contributed by atoms with Crippen molar-refractivity contribution >= 4 is 51.3 Å². The van der Waals surface area contributed by atoms with Gasteiger partial charge in [-0.3, -0.25) is 9.59 Å². The molecule has 0 fully saturated rings. The lowest BCUT2D eigenvalue weighted by molar-refractivity contribution is -0.115. The number of amides is 1. The van der Waals surface area contributed by atoms with E-state index in [-0.39, 0.29) is 29.7 Å². The van der Waals surface area contributed by atoms with Crippen molar-refractivity contribution in [2.24, 2.45) is 0 Å². The van der Waals surface area contributed by atoms with Crippen LogP contribution in [0.15, 0.2) is 45.6 Å². The Morgan fingerprint density at radius 3 is 2.72 bits per heavy atom. The number of halogens is 1. The summed E-state index contributed by atoms with van der Waals surface area (Å²) in [7, 11) is 0. The molecule has 3 aromatic rings. The zero-order chi connectivity index (χ0) is 17.6. The number of aromatic nitrogens is 2. The second kappa shape index (κ2) is 8.32. The highest BCUT2D eigenvalue weighted by atomic mass is 32.2. The maximum Gasteiger partial charge on any atom is 0.232 e. The number of nitrogens with one attached hydrogen (secondary N) is 1. The molecular formula is C16H12FN3O2S3. The predicted molar refractivity (Wildman–Crippen MR) is 98.0 cm³/mol. The van der Waals surface area contributed by atoms with Crippen molar-refractivity contribution in [2.45, 2.75) is 10.8 Å². The molecule has 128 valence electrons. The van der Waals surface area contributed by atoms with Crippen LogP contribution < -0.4 is 5.32 Å². The van der Waals surface area contributed by atoms with Crippen LogP contribution in [0.3, 0.4) is 0 Å². The average molecular weight is 393 g/mol. The Labute approximate surface area is 155 Å². The van der Waals surface area contributed by atoms with Crippen molar-refractivity contribution in [1.29, 1.82) is 0 Å². The number of thiazole rings is 2. The Hall–Kier alpha value is -2.10. The van der Waals surface area contributed by atoms with E-state index in [0.29, 0.717) is 20.7 Å². The number of ketones is 1. The molecule has 0 unspecified atom stereocenters. The van der Waals surface area contributed by atoms with Gasteiger partial charge in [-0.1, -0.05) is 11.8 Å². The number of hydrogen-bond acceptors (Lipinski definition) is 7. The van der Waals surface area contributed by atoms with E-state index in [0.717, 1.165) is 0 Å². The molecule has 25 heavy (non-hydrogen) atoms. The zero-order valence-electron chi connectivity index (χ0n) is 12.8. The van der Waals surface area contributed by atoms with Crippen LogP contribution in [0.2, 0.25) is 0 Å². The normalized spacial score (nSPS) is 10.6. The van der Waals surface area contributed by atoms with E-state index in [2.05, 4.69) is 15.3 Å². The molecule has 0 saturated heterocycles. The molecule has 0 aliphatic carbocycles. The molecule has 2 aromatic heterocycles. The van der Waals surface area contributed by atoms with E-state index in [4.69, 9.17) is 0 Å².